The second kappa shape index (κ2) is 4.91. The van der Waals surface area contributed by atoms with Crippen molar-refractivity contribution in [2.24, 2.45) is 0 Å². The van der Waals surface area contributed by atoms with Crippen LogP contribution in [-0.4, -0.2) is 16.7 Å². The molecule has 1 saturated heterocycles. The van der Waals surface area contributed by atoms with E-state index in [1.54, 1.807) is 6.07 Å². The van der Waals surface area contributed by atoms with Crippen LogP contribution in [0.5, 0.6) is 0 Å². The molecule has 1 atom stereocenters. The van der Waals surface area contributed by atoms with Crippen molar-refractivity contribution in [2.75, 3.05) is 5.32 Å². The summed E-state index contributed by atoms with van der Waals surface area (Å²) < 4.78 is 6.85. The molecule has 1 aromatic carbocycles. The van der Waals surface area contributed by atoms with Gasteiger partial charge in [-0.25, -0.2) is 0 Å². The number of benzene rings is 1. The fraction of sp³-hybridized carbons (Fsp3) is 0.533. The molecule has 0 bridgehead atoms. The van der Waals surface area contributed by atoms with Crippen molar-refractivity contribution < 1.29 is 4.74 Å². The van der Waals surface area contributed by atoms with Gasteiger partial charge in [-0.15, -0.1) is 0 Å². The summed E-state index contributed by atoms with van der Waals surface area (Å²) in [6.45, 7) is 7.91. The predicted octanol–water partition coefficient (Wildman–Crippen LogP) is 4.75. The average Bonchev–Trinajstić information content (AvgIpc) is 2.49. The molecule has 3 nitrogen and oxygen atoms in total. The molecule has 1 fully saturated rings. The van der Waals surface area contributed by atoms with Crippen LogP contribution in [0.3, 0.4) is 0 Å². The van der Waals surface area contributed by atoms with E-state index < -0.39 is 11.1 Å². The van der Waals surface area contributed by atoms with Gasteiger partial charge in [-0.3, -0.25) is 0 Å². The second-order valence-corrected chi connectivity index (χ2v) is 7.58. The summed E-state index contributed by atoms with van der Waals surface area (Å²) in [5.74, 6) is 0. The van der Waals surface area contributed by atoms with Gasteiger partial charge in [0.1, 0.15) is 0 Å². The Balaban J connectivity index is 2.38. The smallest absolute Gasteiger partial charge is 0.156 e. The van der Waals surface area contributed by atoms with Crippen LogP contribution in [0.15, 0.2) is 22.7 Å². The number of nitriles is 1. The Bertz CT molecular complexity index is 580. The summed E-state index contributed by atoms with van der Waals surface area (Å²) in [6, 6.07) is 7.97. The van der Waals surface area contributed by atoms with Crippen LogP contribution >= 0.6 is 27.5 Å². The van der Waals surface area contributed by atoms with Crippen molar-refractivity contribution >= 4 is 33.2 Å². The minimum atomic E-state index is -0.774. The Labute approximate surface area is 133 Å². The van der Waals surface area contributed by atoms with E-state index in [1.807, 2.05) is 39.8 Å². The molecule has 1 aromatic rings. The number of halogens is 2. The summed E-state index contributed by atoms with van der Waals surface area (Å²) in [6.07, 6.45) is 0.615. The molecule has 1 unspecified atom stereocenters. The molecule has 1 aliphatic rings. The molecule has 1 aliphatic heterocycles. The van der Waals surface area contributed by atoms with E-state index in [1.165, 1.54) is 0 Å². The van der Waals surface area contributed by atoms with Gasteiger partial charge < -0.3 is 10.1 Å². The summed E-state index contributed by atoms with van der Waals surface area (Å²) >= 11 is 9.40. The number of nitrogens with zero attached hydrogens (tertiary/aromatic N) is 1. The molecule has 2 rings (SSSR count). The summed E-state index contributed by atoms with van der Waals surface area (Å²) in [5, 5.41) is 13.7. The van der Waals surface area contributed by atoms with Crippen molar-refractivity contribution in [2.45, 2.75) is 50.9 Å². The Morgan fingerprint density at radius 3 is 2.45 bits per heavy atom. The molecule has 108 valence electrons. The van der Waals surface area contributed by atoms with Crippen LogP contribution in [-0.2, 0) is 4.74 Å². The molecule has 1 N–H and O–H groups in total. The van der Waals surface area contributed by atoms with Crippen molar-refractivity contribution in [1.29, 1.82) is 5.26 Å². The van der Waals surface area contributed by atoms with Crippen molar-refractivity contribution in [3.05, 3.63) is 27.7 Å². The topological polar surface area (TPSA) is 45.0 Å². The van der Waals surface area contributed by atoms with Gasteiger partial charge in [-0.1, -0.05) is 11.6 Å². The van der Waals surface area contributed by atoms with Gasteiger partial charge in [-0.05, 0) is 61.8 Å². The summed E-state index contributed by atoms with van der Waals surface area (Å²) in [4.78, 5) is 0. The molecule has 5 heteroatoms. The van der Waals surface area contributed by atoms with Gasteiger partial charge in [0.25, 0.3) is 0 Å². The quantitative estimate of drug-likeness (QED) is 0.830. The summed E-state index contributed by atoms with van der Waals surface area (Å²) in [5.41, 5.74) is -0.853. The lowest BCUT2D eigenvalue weighted by molar-refractivity contribution is -0.0713. The second-order valence-electron chi connectivity index (χ2n) is 6.32. The largest absolute Gasteiger partial charge is 0.366 e. The fourth-order valence-corrected chi connectivity index (χ4v) is 3.38. The maximum Gasteiger partial charge on any atom is 0.156 e. The van der Waals surface area contributed by atoms with E-state index in [9.17, 15) is 5.26 Å². The van der Waals surface area contributed by atoms with E-state index in [0.717, 1.165) is 10.2 Å². The number of ether oxygens (including phenoxy) is 1. The Kier molecular flexibility index (Phi) is 3.83. The third-order valence-corrected chi connectivity index (χ3v) is 4.93. The number of hydrogen-bond acceptors (Lipinski definition) is 3. The molecular formula is C15H18BrClN2O. The first kappa shape index (κ1) is 15.6. The highest BCUT2D eigenvalue weighted by atomic mass is 79.9. The van der Waals surface area contributed by atoms with Crippen LogP contribution in [0.1, 0.15) is 34.1 Å². The van der Waals surface area contributed by atoms with Gasteiger partial charge >= 0.3 is 0 Å². The van der Waals surface area contributed by atoms with Crippen LogP contribution in [0, 0.1) is 11.3 Å². The zero-order chi connectivity index (χ0) is 15.2. The number of hydrogen-bond donors (Lipinski definition) is 1. The van der Waals surface area contributed by atoms with Crippen LogP contribution in [0.25, 0.3) is 0 Å². The monoisotopic (exact) mass is 356 g/mol. The van der Waals surface area contributed by atoms with Gasteiger partial charge in [-0.2, -0.15) is 5.26 Å². The third kappa shape index (κ3) is 2.67. The summed E-state index contributed by atoms with van der Waals surface area (Å²) in [7, 11) is 0. The highest BCUT2D eigenvalue weighted by Gasteiger charge is 2.58. The minimum Gasteiger partial charge on any atom is -0.366 e. The van der Waals surface area contributed by atoms with Crippen molar-refractivity contribution in [1.82, 2.24) is 0 Å². The first-order chi connectivity index (χ1) is 9.11. The van der Waals surface area contributed by atoms with Gasteiger partial charge in [0.05, 0.1) is 22.3 Å². The highest BCUT2D eigenvalue weighted by Crippen LogP contribution is 2.46. The van der Waals surface area contributed by atoms with Gasteiger partial charge in [0, 0.05) is 16.6 Å². The van der Waals surface area contributed by atoms with E-state index in [0.29, 0.717) is 11.4 Å². The molecule has 0 radical (unpaired) electrons. The number of anilines is 1. The predicted molar refractivity (Wildman–Crippen MR) is 85.0 cm³/mol. The standard InChI is InChI=1S/C15H18BrClN2O/c1-13(2)8-15(9-18,14(3,4)20-13)19-10-5-6-12(17)11(16)7-10/h5-7,19H,8H2,1-4H3. The lowest BCUT2D eigenvalue weighted by atomic mass is 9.80. The maximum absolute atomic E-state index is 9.74. The maximum atomic E-state index is 9.74. The number of rotatable bonds is 2. The average molecular weight is 358 g/mol. The van der Waals surface area contributed by atoms with E-state index >= 15 is 0 Å². The Morgan fingerprint density at radius 1 is 1.35 bits per heavy atom. The van der Waals surface area contributed by atoms with Crippen molar-refractivity contribution in [3.63, 3.8) is 0 Å². The lowest BCUT2D eigenvalue weighted by Crippen LogP contribution is -2.51. The SMILES string of the molecule is CC1(C)CC(C#N)(Nc2ccc(Cl)c(Br)c2)C(C)(C)O1. The van der Waals surface area contributed by atoms with Crippen molar-refractivity contribution in [3.8, 4) is 6.07 Å². The molecule has 0 amide bonds. The van der Waals surface area contributed by atoms with Gasteiger partial charge in [0.2, 0.25) is 0 Å². The highest BCUT2D eigenvalue weighted by molar-refractivity contribution is 9.10. The lowest BCUT2D eigenvalue weighted by Gasteiger charge is -2.35. The third-order valence-electron chi connectivity index (χ3n) is 3.72. The van der Waals surface area contributed by atoms with E-state index in [4.69, 9.17) is 16.3 Å². The zero-order valence-corrected chi connectivity index (χ0v) is 14.4. The van der Waals surface area contributed by atoms with Gasteiger partial charge in [0.15, 0.2) is 5.54 Å². The molecule has 0 saturated carbocycles. The minimum absolute atomic E-state index is 0.337. The Hall–Kier alpha value is -0.760. The molecule has 20 heavy (non-hydrogen) atoms. The molecular weight excluding hydrogens is 340 g/mol. The first-order valence-electron chi connectivity index (χ1n) is 6.45. The number of nitrogens with one attached hydrogen (secondary N) is 1. The Morgan fingerprint density at radius 2 is 2.00 bits per heavy atom. The van der Waals surface area contributed by atoms with Crippen LogP contribution in [0.4, 0.5) is 5.69 Å². The molecule has 1 heterocycles. The normalized spacial score (nSPS) is 27.1. The van der Waals surface area contributed by atoms with Crippen LogP contribution in [0.2, 0.25) is 5.02 Å². The van der Waals surface area contributed by atoms with Crippen LogP contribution < -0.4 is 5.32 Å². The fourth-order valence-electron chi connectivity index (χ4n) is 2.88. The zero-order valence-electron chi connectivity index (χ0n) is 12.1. The van der Waals surface area contributed by atoms with E-state index in [2.05, 4.69) is 27.3 Å². The van der Waals surface area contributed by atoms with E-state index in [-0.39, 0.29) is 5.60 Å². The molecule has 0 spiro atoms. The molecule has 0 aromatic heterocycles. The molecule has 0 aliphatic carbocycles. The first-order valence-corrected chi connectivity index (χ1v) is 7.63.